The average molecular weight is 435 g/mol. The van der Waals surface area contributed by atoms with E-state index in [2.05, 4.69) is 41.4 Å². The van der Waals surface area contributed by atoms with Gasteiger partial charge in [0.2, 0.25) is 5.91 Å². The number of likely N-dealkylation sites (tertiary alicyclic amines) is 1. The number of urea groups is 1. The number of rotatable bonds is 5. The molecule has 0 aliphatic carbocycles. The van der Waals surface area contributed by atoms with Gasteiger partial charge in [0, 0.05) is 57.1 Å². The molecule has 1 atom stereocenters. The van der Waals surface area contributed by atoms with Gasteiger partial charge in [-0.3, -0.25) is 4.79 Å². The van der Waals surface area contributed by atoms with E-state index < -0.39 is 0 Å². The smallest absolute Gasteiger partial charge is 0.321 e. The molecule has 6 nitrogen and oxygen atoms in total. The predicted molar refractivity (Wildman–Crippen MR) is 129 cm³/mol. The summed E-state index contributed by atoms with van der Waals surface area (Å²) in [6, 6.07) is 18.0. The summed E-state index contributed by atoms with van der Waals surface area (Å²) in [5.74, 6) is 0.641. The molecule has 0 unspecified atom stereocenters. The van der Waals surface area contributed by atoms with Crippen LogP contribution in [0.4, 0.5) is 16.2 Å². The van der Waals surface area contributed by atoms with E-state index in [1.165, 1.54) is 11.3 Å². The first kappa shape index (κ1) is 22.2. The monoisotopic (exact) mass is 434 g/mol. The molecule has 2 aliphatic heterocycles. The maximum atomic E-state index is 12.8. The highest BCUT2D eigenvalue weighted by molar-refractivity contribution is 5.89. The largest absolute Gasteiger partial charge is 0.368 e. The number of benzene rings is 2. The molecule has 0 saturated carbocycles. The van der Waals surface area contributed by atoms with Crippen LogP contribution in [0, 0.1) is 12.8 Å². The third-order valence-corrected chi connectivity index (χ3v) is 6.69. The van der Waals surface area contributed by atoms with Crippen molar-refractivity contribution >= 4 is 23.3 Å². The van der Waals surface area contributed by atoms with Crippen molar-refractivity contribution in [2.45, 2.75) is 32.6 Å². The number of carbonyl (C=O) groups excluding carboxylic acids is 2. The fourth-order valence-corrected chi connectivity index (χ4v) is 4.81. The summed E-state index contributed by atoms with van der Waals surface area (Å²) in [5, 5.41) is 2.98. The molecule has 2 aromatic carbocycles. The van der Waals surface area contributed by atoms with Crippen LogP contribution in [-0.2, 0) is 4.79 Å². The van der Waals surface area contributed by atoms with Crippen molar-refractivity contribution in [2.75, 3.05) is 49.5 Å². The molecular weight excluding hydrogens is 400 g/mol. The van der Waals surface area contributed by atoms with Crippen LogP contribution in [0.25, 0.3) is 0 Å². The van der Waals surface area contributed by atoms with Crippen molar-refractivity contribution in [3.05, 3.63) is 60.2 Å². The highest BCUT2D eigenvalue weighted by atomic mass is 16.2. The Balaban J connectivity index is 1.21. The van der Waals surface area contributed by atoms with E-state index in [-0.39, 0.29) is 11.9 Å². The van der Waals surface area contributed by atoms with Crippen molar-refractivity contribution in [2.24, 2.45) is 5.92 Å². The normalized spacial score (nSPS) is 19.0. The number of aryl methyl sites for hydroxylation is 1. The molecule has 3 amide bonds. The minimum Gasteiger partial charge on any atom is -0.368 e. The molecule has 0 aromatic heterocycles. The molecule has 2 aliphatic rings. The van der Waals surface area contributed by atoms with E-state index in [4.69, 9.17) is 0 Å². The number of piperidine rings is 1. The fourth-order valence-electron chi connectivity index (χ4n) is 4.81. The second-order valence-electron chi connectivity index (χ2n) is 8.94. The van der Waals surface area contributed by atoms with Gasteiger partial charge in [-0.15, -0.1) is 0 Å². The molecule has 0 spiro atoms. The van der Waals surface area contributed by atoms with Gasteiger partial charge >= 0.3 is 6.03 Å². The molecule has 32 heavy (non-hydrogen) atoms. The van der Waals surface area contributed by atoms with Crippen LogP contribution < -0.4 is 10.2 Å². The molecular formula is C26H34N4O2. The summed E-state index contributed by atoms with van der Waals surface area (Å²) in [6.45, 7) is 6.98. The quantitative estimate of drug-likeness (QED) is 0.760. The van der Waals surface area contributed by atoms with E-state index in [1.54, 1.807) is 0 Å². The Hall–Kier alpha value is -3.02. The van der Waals surface area contributed by atoms with E-state index >= 15 is 0 Å². The lowest BCUT2D eigenvalue weighted by molar-refractivity contribution is -0.131. The molecule has 2 fully saturated rings. The van der Waals surface area contributed by atoms with Gasteiger partial charge < -0.3 is 20.0 Å². The van der Waals surface area contributed by atoms with Gasteiger partial charge in [-0.1, -0.05) is 36.4 Å². The van der Waals surface area contributed by atoms with Crippen LogP contribution >= 0.6 is 0 Å². The van der Waals surface area contributed by atoms with E-state index in [0.29, 0.717) is 12.3 Å². The SMILES string of the molecule is Cc1ccccc1N1CCN(C(=O)CC[C@H]2CCCN(C(=O)Nc3ccccc3)C2)CC1. The van der Waals surface area contributed by atoms with Gasteiger partial charge in [0.25, 0.3) is 0 Å². The first-order valence-corrected chi connectivity index (χ1v) is 11.8. The van der Waals surface area contributed by atoms with Crippen LogP contribution in [0.15, 0.2) is 54.6 Å². The highest BCUT2D eigenvalue weighted by Gasteiger charge is 2.26. The van der Waals surface area contributed by atoms with Gasteiger partial charge in [0.1, 0.15) is 0 Å². The number of carbonyl (C=O) groups is 2. The summed E-state index contributed by atoms with van der Waals surface area (Å²) >= 11 is 0. The van der Waals surface area contributed by atoms with Gasteiger partial charge in [-0.25, -0.2) is 4.79 Å². The summed E-state index contributed by atoms with van der Waals surface area (Å²) in [5.41, 5.74) is 3.38. The lowest BCUT2D eigenvalue weighted by atomic mass is 9.93. The van der Waals surface area contributed by atoms with Crippen molar-refractivity contribution < 1.29 is 9.59 Å². The molecule has 0 radical (unpaired) electrons. The zero-order valence-electron chi connectivity index (χ0n) is 19.0. The molecule has 2 saturated heterocycles. The number of hydrogen-bond donors (Lipinski definition) is 1. The molecule has 0 bridgehead atoms. The number of nitrogens with one attached hydrogen (secondary N) is 1. The van der Waals surface area contributed by atoms with Crippen LogP contribution in [-0.4, -0.2) is 61.0 Å². The third kappa shape index (κ3) is 5.61. The summed E-state index contributed by atoms with van der Waals surface area (Å²) in [4.78, 5) is 31.7. The molecule has 4 rings (SSSR count). The molecule has 170 valence electrons. The Bertz CT molecular complexity index is 909. The zero-order chi connectivity index (χ0) is 22.3. The number of piperazine rings is 1. The zero-order valence-corrected chi connectivity index (χ0v) is 19.0. The van der Waals surface area contributed by atoms with Gasteiger partial charge in [0.05, 0.1) is 0 Å². The Morgan fingerprint density at radius 2 is 1.62 bits per heavy atom. The fraction of sp³-hybridized carbons (Fsp3) is 0.462. The van der Waals surface area contributed by atoms with Crippen LogP contribution in [0.2, 0.25) is 0 Å². The number of nitrogens with zero attached hydrogens (tertiary/aromatic N) is 3. The minimum absolute atomic E-state index is 0.0421. The average Bonchev–Trinajstić information content (AvgIpc) is 2.84. The van der Waals surface area contributed by atoms with Crippen LogP contribution in [0.3, 0.4) is 0 Å². The first-order valence-electron chi connectivity index (χ1n) is 11.8. The van der Waals surface area contributed by atoms with E-state index in [0.717, 1.165) is 64.2 Å². The standard InChI is InChI=1S/C26H34N4O2/c1-21-8-5-6-12-24(21)28-16-18-29(19-17-28)25(31)14-13-22-9-7-15-30(20-22)26(32)27-23-10-3-2-4-11-23/h2-6,8,10-12,22H,7,9,13-20H2,1H3,(H,27,32)/t22-/m1/s1. The van der Waals surface area contributed by atoms with E-state index in [1.807, 2.05) is 40.1 Å². The lowest BCUT2D eigenvalue weighted by Crippen LogP contribution is -2.49. The maximum absolute atomic E-state index is 12.8. The Morgan fingerprint density at radius 3 is 2.38 bits per heavy atom. The predicted octanol–water partition coefficient (Wildman–Crippen LogP) is 4.37. The minimum atomic E-state index is -0.0421. The number of amides is 3. The highest BCUT2D eigenvalue weighted by Crippen LogP contribution is 2.24. The van der Waals surface area contributed by atoms with Crippen molar-refractivity contribution in [3.8, 4) is 0 Å². The summed E-state index contributed by atoms with van der Waals surface area (Å²) in [7, 11) is 0. The van der Waals surface area contributed by atoms with Crippen molar-refractivity contribution in [3.63, 3.8) is 0 Å². The molecule has 2 heterocycles. The maximum Gasteiger partial charge on any atom is 0.321 e. The molecule has 6 heteroatoms. The molecule has 2 aromatic rings. The van der Waals surface area contributed by atoms with Gasteiger partial charge in [0.15, 0.2) is 0 Å². The number of para-hydroxylation sites is 2. The summed E-state index contributed by atoms with van der Waals surface area (Å²) < 4.78 is 0. The second kappa shape index (κ2) is 10.5. The molecule has 1 N–H and O–H groups in total. The topological polar surface area (TPSA) is 55.9 Å². The third-order valence-electron chi connectivity index (χ3n) is 6.69. The van der Waals surface area contributed by atoms with Crippen molar-refractivity contribution in [1.82, 2.24) is 9.80 Å². The second-order valence-corrected chi connectivity index (χ2v) is 8.94. The van der Waals surface area contributed by atoms with Crippen molar-refractivity contribution in [1.29, 1.82) is 0 Å². The summed E-state index contributed by atoms with van der Waals surface area (Å²) in [6.07, 6.45) is 3.51. The lowest BCUT2D eigenvalue weighted by Gasteiger charge is -2.37. The van der Waals surface area contributed by atoms with Crippen LogP contribution in [0.1, 0.15) is 31.2 Å². The Morgan fingerprint density at radius 1 is 0.906 bits per heavy atom. The number of anilines is 2. The first-order chi connectivity index (χ1) is 15.6. The van der Waals surface area contributed by atoms with Gasteiger partial charge in [-0.2, -0.15) is 0 Å². The van der Waals surface area contributed by atoms with Gasteiger partial charge in [-0.05, 0) is 55.9 Å². The Labute approximate surface area is 191 Å². The van der Waals surface area contributed by atoms with E-state index in [9.17, 15) is 9.59 Å². The number of hydrogen-bond acceptors (Lipinski definition) is 3. The Kier molecular flexibility index (Phi) is 7.30. The van der Waals surface area contributed by atoms with Crippen LogP contribution in [0.5, 0.6) is 0 Å².